The van der Waals surface area contributed by atoms with E-state index in [1.54, 1.807) is 24.3 Å². The quantitative estimate of drug-likeness (QED) is 0.200. The first-order chi connectivity index (χ1) is 16.1. The van der Waals surface area contributed by atoms with Gasteiger partial charge in [-0.2, -0.15) is 13.2 Å². The molecule has 0 unspecified atom stereocenters. The molecule has 34 heavy (non-hydrogen) atoms. The molecule has 7 heteroatoms. The van der Waals surface area contributed by atoms with E-state index in [-0.39, 0.29) is 16.5 Å². The van der Waals surface area contributed by atoms with Crippen LogP contribution in [0.25, 0.3) is 33.0 Å². The lowest BCUT2D eigenvalue weighted by Crippen LogP contribution is -2.08. The Kier molecular flexibility index (Phi) is 6.21. The van der Waals surface area contributed by atoms with Crippen molar-refractivity contribution in [1.82, 2.24) is 0 Å². The molecule has 4 rings (SSSR count). The Morgan fingerprint density at radius 1 is 0.735 bits per heavy atom. The van der Waals surface area contributed by atoms with Crippen LogP contribution >= 0.6 is 0 Å². The van der Waals surface area contributed by atoms with Gasteiger partial charge < -0.3 is 0 Å². The highest BCUT2D eigenvalue weighted by atomic mass is 19.4. The zero-order chi connectivity index (χ0) is 24.6. The summed E-state index contributed by atoms with van der Waals surface area (Å²) in [5.41, 5.74) is -1.80. The van der Waals surface area contributed by atoms with Crippen LogP contribution < -0.4 is 0 Å². The molecule has 0 amide bonds. The van der Waals surface area contributed by atoms with Gasteiger partial charge in [-0.1, -0.05) is 42.5 Å². The second-order valence-corrected chi connectivity index (χ2v) is 7.82. The Morgan fingerprint density at radius 3 is 2.03 bits per heavy atom. The number of fused-ring (bicyclic) bond motifs is 1. The molecule has 4 aromatic carbocycles. The number of aryl methyl sites for hydroxylation is 1. The normalized spacial score (nSPS) is 11.7. The van der Waals surface area contributed by atoms with Crippen molar-refractivity contribution < 1.29 is 30.7 Å². The third-order valence-corrected chi connectivity index (χ3v) is 5.57. The predicted octanol–water partition coefficient (Wildman–Crippen LogP) is 8.87. The molecule has 0 saturated carbocycles. The van der Waals surface area contributed by atoms with Gasteiger partial charge in [0.1, 0.15) is 23.3 Å². The summed E-state index contributed by atoms with van der Waals surface area (Å²) >= 11 is 0. The summed E-state index contributed by atoms with van der Waals surface area (Å²) in [4.78, 5) is 0. The summed E-state index contributed by atoms with van der Waals surface area (Å²) in [6, 6.07) is 11.6. The summed E-state index contributed by atoms with van der Waals surface area (Å²) < 4.78 is 97.2. The summed E-state index contributed by atoms with van der Waals surface area (Å²) in [6.45, 7) is 3.67. The molecule has 0 nitrogen and oxygen atoms in total. The lowest BCUT2D eigenvalue weighted by atomic mass is 9.95. The highest BCUT2D eigenvalue weighted by Gasteiger charge is 2.34. The Morgan fingerprint density at radius 2 is 1.41 bits per heavy atom. The van der Waals surface area contributed by atoms with Gasteiger partial charge in [0.25, 0.3) is 0 Å². The lowest BCUT2D eigenvalue weighted by Gasteiger charge is -2.13. The van der Waals surface area contributed by atoms with Crippen molar-refractivity contribution in [2.75, 3.05) is 0 Å². The van der Waals surface area contributed by atoms with E-state index < -0.39 is 46.1 Å². The van der Waals surface area contributed by atoms with Gasteiger partial charge in [-0.3, -0.25) is 0 Å². The van der Waals surface area contributed by atoms with E-state index in [1.807, 2.05) is 6.07 Å². The number of hydrogen-bond acceptors (Lipinski definition) is 0. The first kappa shape index (κ1) is 23.5. The van der Waals surface area contributed by atoms with Crippen LogP contribution in [0.5, 0.6) is 0 Å². The van der Waals surface area contributed by atoms with Crippen molar-refractivity contribution >= 4 is 10.8 Å². The minimum atomic E-state index is -4.94. The van der Waals surface area contributed by atoms with Crippen molar-refractivity contribution in [3.8, 4) is 22.3 Å². The maximum absolute atomic E-state index is 15.2. The first-order valence-corrected chi connectivity index (χ1v) is 10.3. The second-order valence-electron chi connectivity index (χ2n) is 7.82. The molecule has 0 saturated heterocycles. The van der Waals surface area contributed by atoms with Crippen LogP contribution in [0.4, 0.5) is 30.7 Å². The van der Waals surface area contributed by atoms with Gasteiger partial charge in [0, 0.05) is 10.9 Å². The van der Waals surface area contributed by atoms with E-state index in [9.17, 15) is 26.3 Å². The first-order valence-electron chi connectivity index (χ1n) is 10.3. The average Bonchev–Trinajstić information content (AvgIpc) is 2.76. The largest absolute Gasteiger partial charge is 0.419 e. The van der Waals surface area contributed by atoms with Crippen LogP contribution in [-0.2, 0) is 12.6 Å². The molecule has 0 heterocycles. The van der Waals surface area contributed by atoms with E-state index in [0.717, 1.165) is 36.6 Å². The molecule has 0 bridgehead atoms. The fraction of sp³-hybridized carbons (Fsp3) is 0.111. The molecule has 0 fully saturated rings. The highest BCUT2D eigenvalue weighted by molar-refractivity contribution is 5.89. The molecule has 4 aromatic rings. The number of alkyl halides is 3. The van der Waals surface area contributed by atoms with Gasteiger partial charge in [0.05, 0.1) is 11.1 Å². The molecule has 0 aliphatic rings. The number of allylic oxidation sites excluding steroid dienone is 1. The van der Waals surface area contributed by atoms with Crippen molar-refractivity contribution in [3.05, 3.63) is 108 Å². The highest BCUT2D eigenvalue weighted by Crippen LogP contribution is 2.37. The van der Waals surface area contributed by atoms with E-state index in [4.69, 9.17) is 0 Å². The fourth-order valence-corrected chi connectivity index (χ4v) is 3.89. The van der Waals surface area contributed by atoms with Crippen molar-refractivity contribution in [2.45, 2.75) is 19.0 Å². The molecule has 0 N–H and O–H groups in total. The number of hydrogen-bond donors (Lipinski definition) is 0. The van der Waals surface area contributed by atoms with Crippen LogP contribution in [0.15, 0.2) is 73.3 Å². The standard InChI is InChI=1S/C27H17F7/c1-2-3-4-15-5-8-19-16(11-15)6-9-20(26(19)31)18-13-23(29)25(24(30)14-18)17-7-10-21(22(28)12-17)27(32,33)34/h2,5-14H,1,3-4H2. The second kappa shape index (κ2) is 8.97. The van der Waals surface area contributed by atoms with Crippen LogP contribution in [0, 0.1) is 23.3 Å². The summed E-state index contributed by atoms with van der Waals surface area (Å²) in [7, 11) is 0. The van der Waals surface area contributed by atoms with Gasteiger partial charge in [-0.25, -0.2) is 17.6 Å². The van der Waals surface area contributed by atoms with Gasteiger partial charge >= 0.3 is 6.18 Å². The maximum Gasteiger partial charge on any atom is 0.419 e. The Labute approximate surface area is 191 Å². The smallest absolute Gasteiger partial charge is 0.206 e. The number of halogens is 7. The molecular formula is C27H17F7. The van der Waals surface area contributed by atoms with Crippen LogP contribution in [0.3, 0.4) is 0 Å². The minimum absolute atomic E-state index is 0.0470. The van der Waals surface area contributed by atoms with Crippen molar-refractivity contribution in [3.63, 3.8) is 0 Å². The third-order valence-electron chi connectivity index (χ3n) is 5.57. The Bertz CT molecular complexity index is 1380. The topological polar surface area (TPSA) is 0 Å². The van der Waals surface area contributed by atoms with E-state index >= 15 is 4.39 Å². The number of benzene rings is 4. The predicted molar refractivity (Wildman–Crippen MR) is 118 cm³/mol. The van der Waals surface area contributed by atoms with Gasteiger partial charge in [0.2, 0.25) is 0 Å². The fourth-order valence-electron chi connectivity index (χ4n) is 3.89. The SMILES string of the molecule is C=CCCc1ccc2c(F)c(-c3cc(F)c(-c4ccc(C(F)(F)F)c(F)c4)c(F)c3)ccc2c1. The lowest BCUT2D eigenvalue weighted by molar-refractivity contribution is -0.139. The average molecular weight is 474 g/mol. The van der Waals surface area contributed by atoms with Gasteiger partial charge in [-0.15, -0.1) is 6.58 Å². The van der Waals surface area contributed by atoms with Crippen LogP contribution in [0.1, 0.15) is 17.5 Å². The summed E-state index contributed by atoms with van der Waals surface area (Å²) in [5, 5.41) is 0.898. The Balaban J connectivity index is 1.75. The number of rotatable bonds is 5. The third kappa shape index (κ3) is 4.42. The minimum Gasteiger partial charge on any atom is -0.206 e. The molecular weight excluding hydrogens is 457 g/mol. The monoisotopic (exact) mass is 474 g/mol. The summed E-state index contributed by atoms with van der Waals surface area (Å²) in [6.07, 6.45) is -1.66. The molecule has 0 atom stereocenters. The maximum atomic E-state index is 15.2. The van der Waals surface area contributed by atoms with Gasteiger partial charge in [-0.05, 0) is 59.2 Å². The molecule has 0 spiro atoms. The Hall–Kier alpha value is -3.61. The molecule has 0 radical (unpaired) electrons. The van der Waals surface area contributed by atoms with Crippen LogP contribution in [0.2, 0.25) is 0 Å². The van der Waals surface area contributed by atoms with Crippen molar-refractivity contribution in [1.29, 1.82) is 0 Å². The molecule has 0 aliphatic heterocycles. The molecule has 0 aromatic heterocycles. The van der Waals surface area contributed by atoms with E-state index in [1.165, 1.54) is 6.07 Å². The van der Waals surface area contributed by atoms with Gasteiger partial charge in [0.15, 0.2) is 0 Å². The molecule has 0 aliphatic carbocycles. The zero-order valence-electron chi connectivity index (χ0n) is 17.6. The molecule has 174 valence electrons. The van der Waals surface area contributed by atoms with Crippen molar-refractivity contribution in [2.24, 2.45) is 0 Å². The zero-order valence-corrected chi connectivity index (χ0v) is 17.6. The van der Waals surface area contributed by atoms with E-state index in [2.05, 4.69) is 6.58 Å². The summed E-state index contributed by atoms with van der Waals surface area (Å²) in [5.74, 6) is -4.64. The van der Waals surface area contributed by atoms with E-state index in [0.29, 0.717) is 17.5 Å². The van der Waals surface area contributed by atoms with Crippen LogP contribution in [-0.4, -0.2) is 0 Å².